The molecule has 126 valence electrons. The van der Waals surface area contributed by atoms with Gasteiger partial charge < -0.3 is 0 Å². The standard InChI is InChI=1S/C19H11N3O4/c23-18-15-8-4-7-13-9-14(22(25)26)10-16(17(13)15)19(24)21(18)20-11-12-5-2-1-3-6-12/h1-11H/b20-11-. The highest BCUT2D eigenvalue weighted by molar-refractivity contribution is 6.25. The van der Waals surface area contributed by atoms with Crippen molar-refractivity contribution in [2.24, 2.45) is 5.10 Å². The van der Waals surface area contributed by atoms with E-state index in [1.807, 2.05) is 6.07 Å². The molecule has 1 heterocycles. The topological polar surface area (TPSA) is 92.9 Å². The minimum absolute atomic E-state index is 0.0922. The van der Waals surface area contributed by atoms with Crippen molar-refractivity contribution in [1.29, 1.82) is 0 Å². The number of carbonyl (C=O) groups excluding carboxylic acids is 2. The summed E-state index contributed by atoms with van der Waals surface area (Å²) in [4.78, 5) is 36.1. The number of imide groups is 1. The maximum atomic E-state index is 12.8. The van der Waals surface area contributed by atoms with E-state index < -0.39 is 16.7 Å². The summed E-state index contributed by atoms with van der Waals surface area (Å²) in [7, 11) is 0. The second-order valence-corrected chi connectivity index (χ2v) is 5.73. The largest absolute Gasteiger partial charge is 0.282 e. The summed E-state index contributed by atoms with van der Waals surface area (Å²) in [6.45, 7) is 0. The molecule has 1 aliphatic heterocycles. The number of carbonyl (C=O) groups is 2. The molecule has 3 aromatic rings. The van der Waals surface area contributed by atoms with Crippen LogP contribution in [0.2, 0.25) is 0 Å². The highest BCUT2D eigenvalue weighted by atomic mass is 16.6. The smallest absolute Gasteiger partial charge is 0.267 e. The van der Waals surface area contributed by atoms with Crippen LogP contribution in [0.5, 0.6) is 0 Å². The number of hydrogen-bond acceptors (Lipinski definition) is 5. The van der Waals surface area contributed by atoms with Crippen LogP contribution in [0.4, 0.5) is 5.69 Å². The third-order valence-corrected chi connectivity index (χ3v) is 4.14. The lowest BCUT2D eigenvalue weighted by atomic mass is 9.94. The minimum atomic E-state index is -0.686. The zero-order valence-corrected chi connectivity index (χ0v) is 13.3. The SMILES string of the molecule is O=C1c2cccc3cc([N+](=O)[O-])cc(c23)C(=O)N1/N=C\c1ccccc1. The van der Waals surface area contributed by atoms with Crippen molar-refractivity contribution in [3.8, 4) is 0 Å². The van der Waals surface area contributed by atoms with Gasteiger partial charge in [-0.05, 0) is 17.0 Å². The van der Waals surface area contributed by atoms with Gasteiger partial charge >= 0.3 is 0 Å². The number of amides is 2. The average Bonchev–Trinajstić information content (AvgIpc) is 2.66. The van der Waals surface area contributed by atoms with E-state index in [1.165, 1.54) is 18.3 Å². The molecule has 26 heavy (non-hydrogen) atoms. The van der Waals surface area contributed by atoms with E-state index in [0.29, 0.717) is 10.8 Å². The van der Waals surface area contributed by atoms with E-state index in [4.69, 9.17) is 0 Å². The van der Waals surface area contributed by atoms with Gasteiger partial charge in [-0.1, -0.05) is 42.5 Å². The molecule has 0 fully saturated rings. The van der Waals surface area contributed by atoms with Crippen LogP contribution in [-0.2, 0) is 0 Å². The van der Waals surface area contributed by atoms with Crippen molar-refractivity contribution in [2.45, 2.75) is 0 Å². The van der Waals surface area contributed by atoms with Gasteiger partial charge in [0.05, 0.1) is 22.3 Å². The first kappa shape index (κ1) is 15.6. The van der Waals surface area contributed by atoms with Gasteiger partial charge in [-0.3, -0.25) is 19.7 Å². The van der Waals surface area contributed by atoms with Crippen molar-refractivity contribution < 1.29 is 14.5 Å². The normalized spacial score (nSPS) is 13.6. The summed E-state index contributed by atoms with van der Waals surface area (Å²) >= 11 is 0. The Morgan fingerprint density at radius 3 is 2.38 bits per heavy atom. The number of nitro benzene ring substituents is 1. The zero-order valence-electron chi connectivity index (χ0n) is 13.3. The Morgan fingerprint density at radius 2 is 1.65 bits per heavy atom. The number of hydrogen-bond donors (Lipinski definition) is 0. The Bertz CT molecular complexity index is 1110. The molecule has 0 bridgehead atoms. The first-order valence-electron chi connectivity index (χ1n) is 7.75. The molecule has 0 atom stereocenters. The fourth-order valence-corrected chi connectivity index (χ4v) is 2.95. The third-order valence-electron chi connectivity index (χ3n) is 4.14. The van der Waals surface area contributed by atoms with Crippen molar-refractivity contribution in [3.63, 3.8) is 0 Å². The van der Waals surface area contributed by atoms with Crippen LogP contribution >= 0.6 is 0 Å². The zero-order chi connectivity index (χ0) is 18.3. The van der Waals surface area contributed by atoms with E-state index in [0.717, 1.165) is 10.6 Å². The molecule has 7 heteroatoms. The van der Waals surface area contributed by atoms with E-state index in [1.54, 1.807) is 42.5 Å². The molecule has 0 saturated heterocycles. The Hall–Kier alpha value is -3.87. The number of non-ortho nitro benzene ring substituents is 1. The van der Waals surface area contributed by atoms with Gasteiger partial charge in [0.1, 0.15) is 0 Å². The molecule has 2 amide bonds. The molecular formula is C19H11N3O4. The average molecular weight is 345 g/mol. The van der Waals surface area contributed by atoms with Crippen LogP contribution in [0, 0.1) is 10.1 Å². The fraction of sp³-hybridized carbons (Fsp3) is 0. The van der Waals surface area contributed by atoms with Crippen LogP contribution in [0.15, 0.2) is 65.8 Å². The summed E-state index contributed by atoms with van der Waals surface area (Å²) < 4.78 is 0. The molecule has 0 N–H and O–H groups in total. The Kier molecular flexibility index (Phi) is 3.54. The number of nitro groups is 1. The lowest BCUT2D eigenvalue weighted by Gasteiger charge is -2.22. The molecule has 0 aromatic heterocycles. The molecule has 0 radical (unpaired) electrons. The van der Waals surface area contributed by atoms with Crippen LogP contribution < -0.4 is 0 Å². The minimum Gasteiger partial charge on any atom is -0.267 e. The quantitative estimate of drug-likeness (QED) is 0.315. The van der Waals surface area contributed by atoms with E-state index in [9.17, 15) is 19.7 Å². The van der Waals surface area contributed by atoms with Gasteiger partial charge in [-0.2, -0.15) is 10.1 Å². The first-order valence-corrected chi connectivity index (χ1v) is 7.75. The number of nitrogens with zero attached hydrogens (tertiary/aromatic N) is 3. The first-order chi connectivity index (χ1) is 12.6. The second kappa shape index (κ2) is 5.89. The Balaban J connectivity index is 1.86. The summed E-state index contributed by atoms with van der Waals surface area (Å²) in [5.41, 5.74) is 0.891. The van der Waals surface area contributed by atoms with Gasteiger partial charge in [0.15, 0.2) is 0 Å². The monoisotopic (exact) mass is 345 g/mol. The number of rotatable bonds is 3. The number of benzene rings is 3. The van der Waals surface area contributed by atoms with Crippen LogP contribution in [-0.4, -0.2) is 28.0 Å². The fourth-order valence-electron chi connectivity index (χ4n) is 2.95. The summed E-state index contributed by atoms with van der Waals surface area (Å²) in [6, 6.07) is 16.4. The van der Waals surface area contributed by atoms with Crippen molar-refractivity contribution in [1.82, 2.24) is 5.01 Å². The molecule has 0 unspecified atom stereocenters. The molecule has 0 aliphatic carbocycles. The van der Waals surface area contributed by atoms with Gasteiger partial charge in [-0.25, -0.2) is 0 Å². The lowest BCUT2D eigenvalue weighted by molar-refractivity contribution is -0.384. The summed E-state index contributed by atoms with van der Waals surface area (Å²) in [5.74, 6) is -1.25. The highest BCUT2D eigenvalue weighted by Crippen LogP contribution is 2.33. The van der Waals surface area contributed by atoms with Gasteiger partial charge in [0.25, 0.3) is 17.5 Å². The predicted octanol–water partition coefficient (Wildman–Crippen LogP) is 3.38. The van der Waals surface area contributed by atoms with Gasteiger partial charge in [0, 0.05) is 17.5 Å². The summed E-state index contributed by atoms with van der Waals surface area (Å²) in [6.07, 6.45) is 1.40. The highest BCUT2D eigenvalue weighted by Gasteiger charge is 2.34. The lowest BCUT2D eigenvalue weighted by Crippen LogP contribution is -2.36. The van der Waals surface area contributed by atoms with E-state index in [2.05, 4.69) is 5.10 Å². The van der Waals surface area contributed by atoms with E-state index in [-0.39, 0.29) is 16.8 Å². The molecule has 7 nitrogen and oxygen atoms in total. The van der Waals surface area contributed by atoms with Crippen molar-refractivity contribution in [3.05, 3.63) is 87.5 Å². The van der Waals surface area contributed by atoms with Crippen LogP contribution in [0.1, 0.15) is 26.3 Å². The van der Waals surface area contributed by atoms with Gasteiger partial charge in [-0.15, -0.1) is 0 Å². The Morgan fingerprint density at radius 1 is 0.923 bits per heavy atom. The summed E-state index contributed by atoms with van der Waals surface area (Å²) in [5, 5.41) is 16.8. The second-order valence-electron chi connectivity index (χ2n) is 5.73. The molecule has 0 saturated carbocycles. The van der Waals surface area contributed by atoms with Crippen molar-refractivity contribution >= 4 is 34.5 Å². The Labute approximate surface area is 147 Å². The molecular weight excluding hydrogens is 334 g/mol. The van der Waals surface area contributed by atoms with E-state index >= 15 is 0 Å². The molecule has 1 aliphatic rings. The molecule has 4 rings (SSSR count). The third kappa shape index (κ3) is 2.42. The predicted molar refractivity (Wildman–Crippen MR) is 95.1 cm³/mol. The van der Waals surface area contributed by atoms with Crippen LogP contribution in [0.3, 0.4) is 0 Å². The van der Waals surface area contributed by atoms with Crippen LogP contribution in [0.25, 0.3) is 10.8 Å². The molecule has 3 aromatic carbocycles. The molecule has 0 spiro atoms. The van der Waals surface area contributed by atoms with Crippen molar-refractivity contribution in [2.75, 3.05) is 0 Å². The maximum absolute atomic E-state index is 12.8. The van der Waals surface area contributed by atoms with Gasteiger partial charge in [0.2, 0.25) is 0 Å². The maximum Gasteiger partial charge on any atom is 0.282 e. The number of hydrazone groups is 1.